The first-order valence-corrected chi connectivity index (χ1v) is 13.1. The van der Waals surface area contributed by atoms with Gasteiger partial charge in [-0.25, -0.2) is 4.79 Å². The molecular weight excluding hydrogens is 492 g/mol. The molecule has 9 nitrogen and oxygen atoms in total. The summed E-state index contributed by atoms with van der Waals surface area (Å²) in [5, 5.41) is 35.3. The first-order valence-electron chi connectivity index (χ1n) is 13.1. The molecule has 38 heavy (non-hydrogen) atoms. The van der Waals surface area contributed by atoms with Gasteiger partial charge >= 0.3 is 11.9 Å². The molecule has 1 aromatic carbocycles. The summed E-state index contributed by atoms with van der Waals surface area (Å²) < 4.78 is 17.9. The van der Waals surface area contributed by atoms with E-state index in [1.807, 2.05) is 0 Å². The lowest BCUT2D eigenvalue weighted by Crippen LogP contribution is -2.79. The second-order valence-corrected chi connectivity index (χ2v) is 12.1. The van der Waals surface area contributed by atoms with Crippen molar-refractivity contribution in [3.8, 4) is 0 Å². The van der Waals surface area contributed by atoms with Crippen LogP contribution in [0.3, 0.4) is 0 Å². The Morgan fingerprint density at radius 1 is 1.11 bits per heavy atom. The maximum atomic E-state index is 14.2. The van der Waals surface area contributed by atoms with Gasteiger partial charge in [0.2, 0.25) is 0 Å². The van der Waals surface area contributed by atoms with E-state index in [1.165, 1.54) is 6.92 Å². The number of rotatable bonds is 3. The molecule has 0 aromatic heterocycles. The van der Waals surface area contributed by atoms with Crippen molar-refractivity contribution in [3.63, 3.8) is 0 Å². The predicted octanol–water partition coefficient (Wildman–Crippen LogP) is 2.11. The number of fused-ring (bicyclic) bond motifs is 5. The van der Waals surface area contributed by atoms with E-state index in [4.69, 9.17) is 14.2 Å². The van der Waals surface area contributed by atoms with Crippen molar-refractivity contribution in [1.29, 1.82) is 0 Å². The van der Waals surface area contributed by atoms with Crippen LogP contribution in [0.15, 0.2) is 41.5 Å². The summed E-state index contributed by atoms with van der Waals surface area (Å²) in [6, 6.07) is 8.28. The maximum Gasteiger partial charge on any atom is 0.338 e. The average Bonchev–Trinajstić information content (AvgIpc) is 2.84. The number of ether oxygens (including phenoxy) is 3. The molecule has 0 spiro atoms. The Morgan fingerprint density at radius 3 is 2.34 bits per heavy atom. The zero-order valence-electron chi connectivity index (χ0n) is 22.4. The maximum absolute atomic E-state index is 14.2. The van der Waals surface area contributed by atoms with Gasteiger partial charge in [-0.3, -0.25) is 9.59 Å². The quantitative estimate of drug-likeness (QED) is 0.398. The highest BCUT2D eigenvalue weighted by molar-refractivity contribution is 5.93. The predicted molar refractivity (Wildman–Crippen MR) is 134 cm³/mol. The highest BCUT2D eigenvalue weighted by atomic mass is 16.6. The molecule has 0 amide bonds. The van der Waals surface area contributed by atoms with Crippen LogP contribution < -0.4 is 0 Å². The van der Waals surface area contributed by atoms with Gasteiger partial charge in [0.1, 0.15) is 23.9 Å². The molecule has 1 aromatic rings. The Bertz CT molecular complexity index is 1210. The van der Waals surface area contributed by atoms with Gasteiger partial charge in [0.05, 0.1) is 24.2 Å². The molecule has 1 heterocycles. The van der Waals surface area contributed by atoms with Crippen LogP contribution >= 0.6 is 0 Å². The molecule has 3 aliphatic carbocycles. The van der Waals surface area contributed by atoms with Crippen LogP contribution in [0.25, 0.3) is 0 Å². The summed E-state index contributed by atoms with van der Waals surface area (Å²) in [4.78, 5) is 40.2. The fourth-order valence-electron chi connectivity index (χ4n) is 7.68. The van der Waals surface area contributed by atoms with Crippen molar-refractivity contribution >= 4 is 17.7 Å². The third kappa shape index (κ3) is 3.48. The number of carbonyl (C=O) groups is 3. The summed E-state index contributed by atoms with van der Waals surface area (Å²) >= 11 is 0. The number of ketones is 1. The molecule has 1 aliphatic heterocycles. The summed E-state index contributed by atoms with van der Waals surface area (Å²) in [6.07, 6.45) is -4.37. The van der Waals surface area contributed by atoms with Gasteiger partial charge < -0.3 is 29.5 Å². The van der Waals surface area contributed by atoms with Crippen LogP contribution in [-0.4, -0.2) is 75.3 Å². The van der Waals surface area contributed by atoms with Gasteiger partial charge in [-0.2, -0.15) is 0 Å². The number of aliphatic hydroxyl groups excluding tert-OH is 2. The van der Waals surface area contributed by atoms with E-state index in [1.54, 1.807) is 58.0 Å². The molecule has 2 bridgehead atoms. The van der Waals surface area contributed by atoms with Crippen molar-refractivity contribution < 1.29 is 43.9 Å². The number of benzene rings is 1. The Labute approximate surface area is 221 Å². The second kappa shape index (κ2) is 8.71. The van der Waals surface area contributed by atoms with Gasteiger partial charge in [0.25, 0.3) is 0 Å². The monoisotopic (exact) mass is 528 g/mol. The first-order chi connectivity index (χ1) is 17.7. The van der Waals surface area contributed by atoms with Gasteiger partial charge in [0, 0.05) is 24.2 Å². The van der Waals surface area contributed by atoms with E-state index in [0.29, 0.717) is 12.0 Å². The third-order valence-electron chi connectivity index (χ3n) is 9.81. The zero-order chi connectivity index (χ0) is 27.8. The Kier molecular flexibility index (Phi) is 6.19. The summed E-state index contributed by atoms with van der Waals surface area (Å²) in [6.45, 7) is 7.87. The highest BCUT2D eigenvalue weighted by Gasteiger charge is 2.75. The molecule has 1 saturated heterocycles. The van der Waals surface area contributed by atoms with Gasteiger partial charge in [-0.05, 0) is 43.0 Å². The highest BCUT2D eigenvalue weighted by Crippen LogP contribution is 2.63. The van der Waals surface area contributed by atoms with Gasteiger partial charge in [-0.1, -0.05) is 39.0 Å². The molecule has 9 heteroatoms. The van der Waals surface area contributed by atoms with Gasteiger partial charge in [0.15, 0.2) is 11.4 Å². The molecule has 206 valence electrons. The molecule has 4 aliphatic rings. The number of hydrogen-bond acceptors (Lipinski definition) is 9. The molecule has 0 radical (unpaired) electrons. The number of Topliss-reactive ketones (excluding diaryl/α,β-unsaturated/α-hetero) is 1. The smallest absolute Gasteiger partial charge is 0.338 e. The van der Waals surface area contributed by atoms with Gasteiger partial charge in [-0.15, -0.1) is 0 Å². The summed E-state index contributed by atoms with van der Waals surface area (Å²) in [5.74, 6) is -2.91. The van der Waals surface area contributed by atoms with Crippen molar-refractivity contribution in [3.05, 3.63) is 47.0 Å². The molecule has 0 unspecified atom stereocenters. The number of esters is 2. The van der Waals surface area contributed by atoms with E-state index >= 15 is 0 Å². The van der Waals surface area contributed by atoms with Crippen LogP contribution in [-0.2, 0) is 23.8 Å². The lowest BCUT2D eigenvalue weighted by atomic mass is 9.45. The van der Waals surface area contributed by atoms with E-state index in [-0.39, 0.29) is 30.6 Å². The van der Waals surface area contributed by atoms with Crippen molar-refractivity contribution in [2.24, 2.45) is 16.7 Å². The van der Waals surface area contributed by atoms with Crippen LogP contribution in [0.4, 0.5) is 0 Å². The molecule has 5 rings (SSSR count). The number of carbonyl (C=O) groups excluding carboxylic acids is 3. The zero-order valence-corrected chi connectivity index (χ0v) is 22.4. The van der Waals surface area contributed by atoms with E-state index < -0.39 is 70.1 Å². The number of hydrogen-bond donors (Lipinski definition) is 3. The van der Waals surface area contributed by atoms with E-state index in [2.05, 4.69) is 0 Å². The van der Waals surface area contributed by atoms with Crippen molar-refractivity contribution in [2.75, 3.05) is 6.61 Å². The molecule has 3 fully saturated rings. The van der Waals surface area contributed by atoms with Crippen LogP contribution in [0, 0.1) is 16.7 Å². The average molecular weight is 529 g/mol. The minimum Gasteiger partial charge on any atom is -0.455 e. The lowest BCUT2D eigenvalue weighted by molar-refractivity contribution is -0.332. The number of aliphatic hydroxyl groups is 3. The van der Waals surface area contributed by atoms with E-state index in [9.17, 15) is 29.7 Å². The topological polar surface area (TPSA) is 140 Å². The minimum absolute atomic E-state index is 0.0545. The van der Waals surface area contributed by atoms with Crippen LogP contribution in [0.2, 0.25) is 0 Å². The summed E-state index contributed by atoms with van der Waals surface area (Å²) in [5.41, 5.74) is -5.10. The Balaban J connectivity index is 1.78. The largest absolute Gasteiger partial charge is 0.455 e. The fraction of sp³-hybridized carbons (Fsp3) is 0.621. The Hall–Kier alpha value is -2.59. The lowest BCUT2D eigenvalue weighted by Gasteiger charge is -2.66. The first kappa shape index (κ1) is 27.0. The Morgan fingerprint density at radius 2 is 1.76 bits per heavy atom. The molecule has 8 atom stereocenters. The molecular formula is C29H36O9. The van der Waals surface area contributed by atoms with Crippen LogP contribution in [0.1, 0.15) is 64.2 Å². The molecule has 3 N–H and O–H groups in total. The normalized spacial score (nSPS) is 41.6. The second-order valence-electron chi connectivity index (χ2n) is 12.1. The standard InChI is InChI=1S/C29H36O9/c1-15-18(31)13-29(35)24(37-25(34)17-9-7-6-8-10-17)22-27(5,23(33)21(32)20(15)26(29,3)4)12-11-19-28(22,14-36-19)38-16(2)30/h6-10,18-19,21-22,24,31-32,35H,11-14H2,1-5H3/t18-,19+,21+,22-,24-,27+,28-,29+/m0/s1. The van der Waals surface area contributed by atoms with E-state index in [0.717, 1.165) is 0 Å². The summed E-state index contributed by atoms with van der Waals surface area (Å²) in [7, 11) is 0. The third-order valence-corrected chi connectivity index (χ3v) is 9.81. The SMILES string of the molecule is CC(=O)O[C@@]12CO[C@@H]1CC[C@@]1(C)C(=O)[C@H](O)C3=C(C)[C@@H](O)C[C@@](O)([C@@H](OC(=O)c4ccccc4)[C@H]21)C3(C)C. The van der Waals surface area contributed by atoms with Crippen LogP contribution in [0.5, 0.6) is 0 Å². The van der Waals surface area contributed by atoms with Crippen molar-refractivity contribution in [2.45, 2.75) is 89.5 Å². The van der Waals surface area contributed by atoms with Crippen molar-refractivity contribution in [1.82, 2.24) is 0 Å². The minimum atomic E-state index is -1.94. The fourth-order valence-corrected chi connectivity index (χ4v) is 7.68. The molecule has 2 saturated carbocycles.